The summed E-state index contributed by atoms with van der Waals surface area (Å²) >= 11 is 1.22. The number of nitrogens with zero attached hydrogens (tertiary/aromatic N) is 4. The number of amides is 1. The van der Waals surface area contributed by atoms with Crippen molar-refractivity contribution in [2.75, 3.05) is 5.32 Å². The zero-order valence-corrected chi connectivity index (χ0v) is 19.0. The molecule has 0 saturated carbocycles. The van der Waals surface area contributed by atoms with Crippen molar-refractivity contribution in [1.29, 1.82) is 0 Å². The van der Waals surface area contributed by atoms with E-state index in [0.29, 0.717) is 27.3 Å². The number of benzene rings is 3. The van der Waals surface area contributed by atoms with Gasteiger partial charge in [0.2, 0.25) is 4.80 Å². The first kappa shape index (κ1) is 21.4. The van der Waals surface area contributed by atoms with E-state index in [4.69, 9.17) is 0 Å². The summed E-state index contributed by atoms with van der Waals surface area (Å²) in [4.78, 5) is 26.6. The number of nitrogens with one attached hydrogen (secondary N) is 1. The molecule has 7 nitrogen and oxygen atoms in total. The number of carbonyl (C=O) groups is 2. The molecule has 1 amide bonds. The molecule has 1 aliphatic carbocycles. The SMILES string of the molecule is Cn1c(-c2ccccc2)ns/c1=N\N=C1\C=C(C(=O)Nc2ccccc2)C(=O)c2ccccc21. The highest BCUT2D eigenvalue weighted by molar-refractivity contribution is 7.03. The van der Waals surface area contributed by atoms with Gasteiger partial charge in [-0.1, -0.05) is 72.8 Å². The standard InChI is InChI=1S/C26H19N5O2S/c1-31-24(17-10-4-2-5-11-17)30-34-26(31)29-28-22-16-21(23(32)20-15-9-8-14-19(20)22)25(33)27-18-12-6-3-7-13-18/h2-16H,1H3,(H,27,33)/b28-22-,29-26-. The molecule has 1 aromatic heterocycles. The number of fused-ring (bicyclic) bond motifs is 1. The van der Waals surface area contributed by atoms with E-state index in [1.165, 1.54) is 17.6 Å². The predicted molar refractivity (Wildman–Crippen MR) is 133 cm³/mol. The maximum atomic E-state index is 13.1. The highest BCUT2D eigenvalue weighted by Crippen LogP contribution is 2.23. The van der Waals surface area contributed by atoms with Gasteiger partial charge in [-0.15, -0.1) is 10.2 Å². The summed E-state index contributed by atoms with van der Waals surface area (Å²) in [6.07, 6.45) is 1.49. The molecule has 4 aromatic rings. The number of aromatic nitrogens is 2. The molecule has 3 aromatic carbocycles. The fraction of sp³-hybridized carbons (Fsp3) is 0.0385. The van der Waals surface area contributed by atoms with Gasteiger partial charge in [0.15, 0.2) is 11.6 Å². The van der Waals surface area contributed by atoms with E-state index >= 15 is 0 Å². The molecule has 5 rings (SSSR count). The highest BCUT2D eigenvalue weighted by atomic mass is 32.1. The zero-order valence-electron chi connectivity index (χ0n) is 18.2. The summed E-state index contributed by atoms with van der Waals surface area (Å²) < 4.78 is 6.36. The van der Waals surface area contributed by atoms with Crippen LogP contribution in [0.1, 0.15) is 15.9 Å². The van der Waals surface area contributed by atoms with Crippen LogP contribution in [0.5, 0.6) is 0 Å². The van der Waals surface area contributed by atoms with Gasteiger partial charge in [0.25, 0.3) is 5.91 Å². The van der Waals surface area contributed by atoms with Crippen LogP contribution in [0, 0.1) is 0 Å². The second-order valence-electron chi connectivity index (χ2n) is 7.55. The minimum absolute atomic E-state index is 0.00940. The van der Waals surface area contributed by atoms with Gasteiger partial charge in [-0.2, -0.15) is 4.37 Å². The molecule has 0 radical (unpaired) electrons. The highest BCUT2D eigenvalue weighted by Gasteiger charge is 2.28. The Kier molecular flexibility index (Phi) is 5.80. The average molecular weight is 466 g/mol. The van der Waals surface area contributed by atoms with Gasteiger partial charge in [0, 0.05) is 41.0 Å². The van der Waals surface area contributed by atoms with Gasteiger partial charge in [-0.05, 0) is 18.2 Å². The molecule has 0 fully saturated rings. The monoisotopic (exact) mass is 465 g/mol. The third-order valence-corrected chi connectivity index (χ3v) is 6.13. The van der Waals surface area contributed by atoms with Crippen LogP contribution in [-0.4, -0.2) is 26.3 Å². The maximum absolute atomic E-state index is 13.1. The molecule has 1 N–H and O–H groups in total. The molecule has 0 unspecified atom stereocenters. The van der Waals surface area contributed by atoms with Gasteiger partial charge in [0.05, 0.1) is 11.3 Å². The number of ketones is 1. The van der Waals surface area contributed by atoms with Gasteiger partial charge in [-0.3, -0.25) is 9.59 Å². The third-order valence-electron chi connectivity index (χ3n) is 5.34. The van der Waals surface area contributed by atoms with Crippen LogP contribution in [0.15, 0.2) is 107 Å². The van der Waals surface area contributed by atoms with E-state index in [2.05, 4.69) is 19.9 Å². The minimum Gasteiger partial charge on any atom is -0.322 e. The van der Waals surface area contributed by atoms with E-state index in [1.54, 1.807) is 30.3 Å². The van der Waals surface area contributed by atoms with Crippen molar-refractivity contribution in [2.45, 2.75) is 0 Å². The van der Waals surface area contributed by atoms with Crippen molar-refractivity contribution in [3.63, 3.8) is 0 Å². The van der Waals surface area contributed by atoms with Crippen LogP contribution in [0.25, 0.3) is 11.4 Å². The second kappa shape index (κ2) is 9.21. The topological polar surface area (TPSA) is 88.7 Å². The lowest BCUT2D eigenvalue weighted by Gasteiger charge is -2.16. The Balaban J connectivity index is 1.55. The minimum atomic E-state index is -0.492. The Morgan fingerprint density at radius 3 is 2.26 bits per heavy atom. The van der Waals surface area contributed by atoms with Gasteiger partial charge >= 0.3 is 0 Å². The van der Waals surface area contributed by atoms with E-state index in [0.717, 1.165) is 11.4 Å². The van der Waals surface area contributed by atoms with Crippen LogP contribution in [0.3, 0.4) is 0 Å². The average Bonchev–Trinajstić information content (AvgIpc) is 3.25. The molecule has 8 heteroatoms. The Morgan fingerprint density at radius 1 is 0.882 bits per heavy atom. The number of para-hydroxylation sites is 1. The molecule has 0 bridgehead atoms. The Morgan fingerprint density at radius 2 is 1.53 bits per heavy atom. The summed E-state index contributed by atoms with van der Waals surface area (Å²) in [5.74, 6) is -0.0620. The van der Waals surface area contributed by atoms with Crippen LogP contribution in [0.4, 0.5) is 5.69 Å². The van der Waals surface area contributed by atoms with E-state index in [-0.39, 0.29) is 11.4 Å². The molecule has 34 heavy (non-hydrogen) atoms. The van der Waals surface area contributed by atoms with E-state index in [9.17, 15) is 9.59 Å². The number of anilines is 1. The van der Waals surface area contributed by atoms with Gasteiger partial charge < -0.3 is 9.88 Å². The van der Waals surface area contributed by atoms with Crippen molar-refractivity contribution in [1.82, 2.24) is 8.94 Å². The Hall–Kier alpha value is -4.43. The third kappa shape index (κ3) is 4.14. The first-order valence-electron chi connectivity index (χ1n) is 10.5. The number of Topliss-reactive ketones (excluding diaryl/α,β-unsaturated/α-hetero) is 1. The first-order chi connectivity index (χ1) is 16.6. The summed E-state index contributed by atoms with van der Waals surface area (Å²) in [6.45, 7) is 0. The molecule has 0 aliphatic heterocycles. The van der Waals surface area contributed by atoms with Gasteiger partial charge in [0.1, 0.15) is 0 Å². The largest absolute Gasteiger partial charge is 0.322 e. The van der Waals surface area contributed by atoms with Crippen molar-refractivity contribution in [2.24, 2.45) is 17.3 Å². The van der Waals surface area contributed by atoms with E-state index < -0.39 is 5.91 Å². The molecular weight excluding hydrogens is 446 g/mol. The number of carbonyl (C=O) groups excluding carboxylic acids is 2. The second-order valence-corrected chi connectivity index (χ2v) is 8.28. The van der Waals surface area contributed by atoms with Crippen LogP contribution in [-0.2, 0) is 11.8 Å². The van der Waals surface area contributed by atoms with Gasteiger partial charge in [-0.25, -0.2) is 0 Å². The van der Waals surface area contributed by atoms with E-state index in [1.807, 2.05) is 66.2 Å². The first-order valence-corrected chi connectivity index (χ1v) is 11.3. The summed E-state index contributed by atoms with van der Waals surface area (Å²) in [6, 6.07) is 25.9. The smallest absolute Gasteiger partial charge is 0.259 e. The van der Waals surface area contributed by atoms with Crippen molar-refractivity contribution < 1.29 is 9.59 Å². The molecule has 0 atom stereocenters. The molecule has 0 spiro atoms. The fourth-order valence-electron chi connectivity index (χ4n) is 3.61. The Bertz CT molecular complexity index is 1520. The lowest BCUT2D eigenvalue weighted by molar-refractivity contribution is -0.112. The lowest BCUT2D eigenvalue weighted by atomic mass is 9.88. The zero-order chi connectivity index (χ0) is 23.5. The van der Waals surface area contributed by atoms with Crippen LogP contribution in [0.2, 0.25) is 0 Å². The number of hydrogen-bond donors (Lipinski definition) is 1. The quantitative estimate of drug-likeness (QED) is 0.362. The molecular formula is C26H19N5O2S. The summed E-state index contributed by atoms with van der Waals surface area (Å²) in [7, 11) is 1.87. The number of rotatable bonds is 4. The Labute approximate surface area is 199 Å². The molecule has 1 heterocycles. The number of hydrogen-bond acceptors (Lipinski definition) is 6. The van der Waals surface area contributed by atoms with Crippen molar-refractivity contribution >= 4 is 34.6 Å². The summed E-state index contributed by atoms with van der Waals surface area (Å²) in [5, 5.41) is 11.6. The lowest BCUT2D eigenvalue weighted by Crippen LogP contribution is -2.26. The van der Waals surface area contributed by atoms with Crippen molar-refractivity contribution in [3.05, 3.63) is 113 Å². The predicted octanol–water partition coefficient (Wildman–Crippen LogP) is 4.22. The molecule has 166 valence electrons. The fourth-order valence-corrected chi connectivity index (χ4v) is 4.30. The summed E-state index contributed by atoms with van der Waals surface area (Å²) in [5.41, 5.74) is 3.06. The van der Waals surface area contributed by atoms with Crippen LogP contribution < -0.4 is 10.1 Å². The maximum Gasteiger partial charge on any atom is 0.259 e. The molecule has 1 aliphatic rings. The number of allylic oxidation sites excluding steroid dienone is 1. The van der Waals surface area contributed by atoms with Crippen LogP contribution >= 0.6 is 11.5 Å². The molecule has 0 saturated heterocycles. The normalized spacial score (nSPS) is 14.6. The van der Waals surface area contributed by atoms with Crippen molar-refractivity contribution in [3.8, 4) is 11.4 Å².